The molecule has 0 saturated heterocycles. The summed E-state index contributed by atoms with van der Waals surface area (Å²) < 4.78 is 0. The van der Waals surface area contributed by atoms with Gasteiger partial charge in [0.25, 0.3) is 7.72 Å². The van der Waals surface area contributed by atoms with Crippen LogP contribution in [0.5, 0.6) is 0 Å². The summed E-state index contributed by atoms with van der Waals surface area (Å²) in [5.74, 6) is 0. The normalized spacial score (nSPS) is 14.3. The summed E-state index contributed by atoms with van der Waals surface area (Å²) in [5.41, 5.74) is 1.80. The minimum absolute atomic E-state index is 0.0387. The lowest BCUT2D eigenvalue weighted by Crippen LogP contribution is -2.32. The lowest BCUT2D eigenvalue weighted by atomic mass is 10.1. The van der Waals surface area contributed by atoms with Gasteiger partial charge in [0.15, 0.2) is 0 Å². The van der Waals surface area contributed by atoms with Gasteiger partial charge in [-0.05, 0) is 30.2 Å². The summed E-state index contributed by atoms with van der Waals surface area (Å²) in [6, 6.07) is 14.6. The fraction of sp³-hybridized carbons (Fsp3) is 0.333. The van der Waals surface area contributed by atoms with E-state index in [9.17, 15) is 14.9 Å². The summed E-state index contributed by atoms with van der Waals surface area (Å²) in [5, 5.41) is 14.3. The summed E-state index contributed by atoms with van der Waals surface area (Å²) in [6.07, 6.45) is -0.715. The predicted molar refractivity (Wildman–Crippen MR) is 105 cm³/mol. The van der Waals surface area contributed by atoms with Gasteiger partial charge in [-0.25, -0.2) is 9.79 Å². The molecular weight excluding hydrogens is 380 g/mol. The van der Waals surface area contributed by atoms with E-state index in [-0.39, 0.29) is 24.9 Å². The van der Waals surface area contributed by atoms with Gasteiger partial charge in [0.1, 0.15) is 18.4 Å². The monoisotopic (exact) mass is 402 g/mol. The molecule has 2 rings (SSSR count). The van der Waals surface area contributed by atoms with Gasteiger partial charge in [-0.2, -0.15) is 0 Å². The molecule has 2 atom stereocenters. The van der Waals surface area contributed by atoms with Gasteiger partial charge in [0, 0.05) is 12.6 Å². The predicted octanol–water partition coefficient (Wildman–Crippen LogP) is 4.04. The number of hydrogen-bond donors (Lipinski definition) is 4. The third-order valence-corrected chi connectivity index (χ3v) is 6.50. The molecule has 0 fully saturated rings. The fourth-order valence-corrected chi connectivity index (χ4v) is 4.59. The van der Waals surface area contributed by atoms with Crippen LogP contribution in [-0.4, -0.2) is 33.7 Å². The van der Waals surface area contributed by atoms with Gasteiger partial charge in [-0.3, -0.25) is 0 Å². The van der Waals surface area contributed by atoms with Gasteiger partial charge >= 0.3 is 0 Å². The van der Waals surface area contributed by atoms with Crippen LogP contribution >= 0.6 is 30.9 Å². The molecule has 0 aromatic heterocycles. The van der Waals surface area contributed by atoms with Crippen LogP contribution in [0, 0.1) is 0 Å². The lowest BCUT2D eigenvalue weighted by molar-refractivity contribution is 0.184. The second-order valence-corrected chi connectivity index (χ2v) is 9.42. The average Bonchev–Trinajstić information content (AvgIpc) is 2.55. The molecule has 136 valence electrons. The molecule has 0 spiro atoms. The first-order valence-electron chi connectivity index (χ1n) is 8.00. The highest BCUT2D eigenvalue weighted by atomic mass is 35.5. The maximum Gasteiger partial charge on any atom is 0.274 e. The number of rotatable bonds is 8. The molecule has 0 radical (unpaired) electrons. The molecular formula is C18H23Cl2NO3P+. The quantitative estimate of drug-likeness (QED) is 0.502. The van der Waals surface area contributed by atoms with Crippen LogP contribution in [0.25, 0.3) is 0 Å². The minimum atomic E-state index is -3.20. The van der Waals surface area contributed by atoms with Gasteiger partial charge in [0.05, 0.1) is 10.0 Å². The first-order chi connectivity index (χ1) is 11.8. The molecule has 0 aliphatic carbocycles. The van der Waals surface area contributed by atoms with Crippen LogP contribution in [0.1, 0.15) is 24.1 Å². The van der Waals surface area contributed by atoms with Crippen LogP contribution in [0.3, 0.4) is 0 Å². The van der Waals surface area contributed by atoms with Crippen LogP contribution in [-0.2, 0) is 6.16 Å². The van der Waals surface area contributed by atoms with E-state index in [0.717, 1.165) is 11.1 Å². The second kappa shape index (κ2) is 9.29. The van der Waals surface area contributed by atoms with E-state index in [1.807, 2.05) is 43.3 Å². The molecule has 25 heavy (non-hydrogen) atoms. The number of aliphatic hydroxyl groups is 1. The number of nitrogens with one attached hydrogen (secondary N) is 1. The first-order valence-corrected chi connectivity index (χ1v) is 10.8. The lowest BCUT2D eigenvalue weighted by Gasteiger charge is -2.20. The summed E-state index contributed by atoms with van der Waals surface area (Å²) in [4.78, 5) is 20.5. The van der Waals surface area contributed by atoms with Crippen molar-refractivity contribution in [2.75, 3.05) is 12.7 Å². The highest BCUT2D eigenvalue weighted by Crippen LogP contribution is 2.53. The zero-order chi connectivity index (χ0) is 18.4. The molecule has 0 unspecified atom stereocenters. The molecule has 4 nitrogen and oxygen atoms in total. The number of hydrogen-bond acceptors (Lipinski definition) is 4. The van der Waals surface area contributed by atoms with Crippen LogP contribution in [0.2, 0.25) is 10.0 Å². The van der Waals surface area contributed by atoms with Crippen molar-refractivity contribution in [3.63, 3.8) is 0 Å². The third kappa shape index (κ3) is 6.84. The third-order valence-electron chi connectivity index (χ3n) is 3.89. The number of halogens is 2. The van der Waals surface area contributed by atoms with E-state index in [4.69, 9.17) is 23.2 Å². The summed E-state index contributed by atoms with van der Waals surface area (Å²) in [7, 11) is -3.20. The maximum atomic E-state index is 10.2. The van der Waals surface area contributed by atoms with Gasteiger partial charge in [0.2, 0.25) is 0 Å². The molecule has 4 N–H and O–H groups in total. The topological polar surface area (TPSA) is 72.7 Å². The number of aliphatic hydroxyl groups excluding tert-OH is 1. The Morgan fingerprint density at radius 2 is 1.72 bits per heavy atom. The molecule has 7 heteroatoms. The Bertz CT molecular complexity index is 685. The zero-order valence-corrected chi connectivity index (χ0v) is 16.3. The van der Waals surface area contributed by atoms with Crippen molar-refractivity contribution in [2.24, 2.45) is 0 Å². The standard InChI is InChI=1S/C18H23Cl2NO3P/c1-13(15-7-8-17(19)18(20)9-15)21-10-16(22)12-25(23,24)11-14-5-3-2-4-6-14/h2-9,13,16,21-24H,10-12H2,1H3/q+1/t13-,16-/m0/s1. The molecule has 0 amide bonds. The van der Waals surface area contributed by atoms with Crippen LogP contribution in [0.4, 0.5) is 0 Å². The van der Waals surface area contributed by atoms with Crippen molar-refractivity contribution >= 4 is 30.9 Å². The van der Waals surface area contributed by atoms with Gasteiger partial charge < -0.3 is 10.4 Å². The molecule has 2 aromatic rings. The highest BCUT2D eigenvalue weighted by molar-refractivity contribution is 7.63. The van der Waals surface area contributed by atoms with Crippen LogP contribution in [0.15, 0.2) is 48.5 Å². The van der Waals surface area contributed by atoms with Crippen LogP contribution < -0.4 is 5.32 Å². The zero-order valence-electron chi connectivity index (χ0n) is 13.9. The van der Waals surface area contributed by atoms with E-state index in [0.29, 0.717) is 10.0 Å². The van der Waals surface area contributed by atoms with Crippen molar-refractivity contribution in [1.29, 1.82) is 0 Å². The van der Waals surface area contributed by atoms with Crippen molar-refractivity contribution in [3.05, 3.63) is 69.7 Å². The molecule has 0 heterocycles. The van der Waals surface area contributed by atoms with Gasteiger partial charge in [-0.15, -0.1) is 0 Å². The van der Waals surface area contributed by atoms with Crippen molar-refractivity contribution < 1.29 is 14.9 Å². The number of benzene rings is 2. The van der Waals surface area contributed by atoms with Crippen molar-refractivity contribution in [3.8, 4) is 0 Å². The average molecular weight is 403 g/mol. The van der Waals surface area contributed by atoms with E-state index < -0.39 is 13.8 Å². The Morgan fingerprint density at radius 3 is 2.36 bits per heavy atom. The Labute approximate surface area is 158 Å². The van der Waals surface area contributed by atoms with E-state index in [2.05, 4.69) is 5.32 Å². The van der Waals surface area contributed by atoms with E-state index in [1.54, 1.807) is 12.1 Å². The molecule has 0 aliphatic rings. The minimum Gasteiger partial charge on any atom is -0.388 e. The smallest absolute Gasteiger partial charge is 0.274 e. The molecule has 0 saturated carbocycles. The molecule has 0 aliphatic heterocycles. The summed E-state index contributed by atoms with van der Waals surface area (Å²) >= 11 is 11.9. The Balaban J connectivity index is 1.84. The Hall–Kier alpha value is -0.710. The molecule has 0 bridgehead atoms. The Morgan fingerprint density at radius 1 is 1.04 bits per heavy atom. The van der Waals surface area contributed by atoms with Crippen molar-refractivity contribution in [2.45, 2.75) is 25.2 Å². The van der Waals surface area contributed by atoms with Crippen molar-refractivity contribution in [1.82, 2.24) is 5.32 Å². The second-order valence-electron chi connectivity index (χ2n) is 6.16. The van der Waals surface area contributed by atoms with Gasteiger partial charge in [-0.1, -0.05) is 59.6 Å². The fourth-order valence-electron chi connectivity index (χ4n) is 2.55. The highest BCUT2D eigenvalue weighted by Gasteiger charge is 2.36. The summed E-state index contributed by atoms with van der Waals surface area (Å²) in [6.45, 7) is 2.19. The maximum absolute atomic E-state index is 10.2. The SMILES string of the molecule is C[C@H](NC[C@H](O)C[P+](O)(O)Cc1ccccc1)c1ccc(Cl)c(Cl)c1. The van der Waals surface area contributed by atoms with E-state index in [1.165, 1.54) is 0 Å². The Kier molecular flexibility index (Phi) is 7.66. The largest absolute Gasteiger partial charge is 0.388 e. The first kappa shape index (κ1) is 20.6. The van der Waals surface area contributed by atoms with E-state index >= 15 is 0 Å². The molecule has 2 aromatic carbocycles.